The van der Waals surface area contributed by atoms with Crippen molar-refractivity contribution < 1.29 is 23.7 Å². The topological polar surface area (TPSA) is 54.0 Å². The first-order chi connectivity index (χ1) is 12.5. The molecule has 0 aromatic heterocycles. The molecule has 0 saturated carbocycles. The normalized spacial score (nSPS) is 12.9. The van der Waals surface area contributed by atoms with E-state index in [-0.39, 0.29) is 12.2 Å². The Morgan fingerprint density at radius 2 is 1.65 bits per heavy atom. The third-order valence-corrected chi connectivity index (χ3v) is 3.80. The highest BCUT2D eigenvalue weighted by molar-refractivity contribution is 5.93. The van der Waals surface area contributed by atoms with Crippen LogP contribution in [-0.4, -0.2) is 39.0 Å². The van der Waals surface area contributed by atoms with Gasteiger partial charge in [-0.15, -0.1) is 0 Å². The highest BCUT2D eigenvalue weighted by Gasteiger charge is 2.21. The van der Waals surface area contributed by atoms with Crippen LogP contribution in [0.25, 0.3) is 0 Å². The molecule has 5 heteroatoms. The minimum Gasteiger partial charge on any atom is -0.486 e. The van der Waals surface area contributed by atoms with E-state index in [1.807, 2.05) is 44.2 Å². The summed E-state index contributed by atoms with van der Waals surface area (Å²) in [5.74, 6) is 0.430. The molecule has 2 atom stereocenters. The molecule has 0 radical (unpaired) electrons. The Bertz CT molecular complexity index is 699. The van der Waals surface area contributed by atoms with Gasteiger partial charge < -0.3 is 18.9 Å². The van der Waals surface area contributed by atoms with Crippen LogP contribution in [0, 0.1) is 0 Å². The number of hydrogen-bond donors (Lipinski definition) is 0. The predicted octanol–water partition coefficient (Wildman–Crippen LogP) is 3.90. The Kier molecular flexibility index (Phi) is 7.48. The summed E-state index contributed by atoms with van der Waals surface area (Å²) in [5, 5.41) is 0. The molecule has 140 valence electrons. The van der Waals surface area contributed by atoms with Crippen LogP contribution < -0.4 is 9.47 Å². The molecule has 0 aliphatic heterocycles. The Morgan fingerprint density at radius 3 is 2.31 bits per heavy atom. The van der Waals surface area contributed by atoms with Gasteiger partial charge in [0.1, 0.15) is 17.8 Å². The third kappa shape index (κ3) is 5.49. The van der Waals surface area contributed by atoms with E-state index >= 15 is 0 Å². The maximum Gasteiger partial charge on any atom is 0.341 e. The van der Waals surface area contributed by atoms with E-state index in [0.29, 0.717) is 30.1 Å². The summed E-state index contributed by atoms with van der Waals surface area (Å²) in [5.41, 5.74) is 1.50. The minimum atomic E-state index is -0.461. The molecule has 2 aromatic carbocycles. The van der Waals surface area contributed by atoms with Gasteiger partial charge in [-0.1, -0.05) is 36.4 Å². The van der Waals surface area contributed by atoms with Gasteiger partial charge in [-0.25, -0.2) is 4.79 Å². The summed E-state index contributed by atoms with van der Waals surface area (Å²) in [7, 11) is 2.96. The van der Waals surface area contributed by atoms with Crippen molar-refractivity contribution in [2.24, 2.45) is 0 Å². The molecule has 0 aliphatic rings. The second-order valence-corrected chi connectivity index (χ2v) is 6.13. The van der Waals surface area contributed by atoms with E-state index in [2.05, 4.69) is 0 Å². The van der Waals surface area contributed by atoms with Crippen molar-refractivity contribution in [1.82, 2.24) is 0 Å². The van der Waals surface area contributed by atoms with E-state index in [1.54, 1.807) is 25.3 Å². The number of carbonyl (C=O) groups is 1. The van der Waals surface area contributed by atoms with E-state index in [1.165, 1.54) is 7.11 Å². The molecule has 5 nitrogen and oxygen atoms in total. The number of hydrogen-bond acceptors (Lipinski definition) is 5. The fourth-order valence-corrected chi connectivity index (χ4v) is 2.68. The molecule has 0 bridgehead atoms. The maximum atomic E-state index is 12.2. The molecule has 2 rings (SSSR count). The van der Waals surface area contributed by atoms with Crippen molar-refractivity contribution in [3.63, 3.8) is 0 Å². The molecule has 0 amide bonds. The van der Waals surface area contributed by atoms with Gasteiger partial charge in [-0.2, -0.15) is 0 Å². The first-order valence-electron chi connectivity index (χ1n) is 8.62. The van der Waals surface area contributed by atoms with Gasteiger partial charge in [0.2, 0.25) is 0 Å². The Hall–Kier alpha value is -2.53. The van der Waals surface area contributed by atoms with Crippen LogP contribution in [0.2, 0.25) is 0 Å². The van der Waals surface area contributed by atoms with Gasteiger partial charge in [-0.3, -0.25) is 0 Å². The summed E-state index contributed by atoms with van der Waals surface area (Å²) in [6.07, 6.45) is 0.381. The highest BCUT2D eigenvalue weighted by Crippen LogP contribution is 2.34. The number of methoxy groups -OCH3 is 2. The van der Waals surface area contributed by atoms with E-state index in [9.17, 15) is 4.79 Å². The Morgan fingerprint density at radius 1 is 0.923 bits per heavy atom. The second kappa shape index (κ2) is 9.82. The zero-order chi connectivity index (χ0) is 18.9. The SMILES string of the molecule is COCC(C)Oc1cccc(C(=O)OC)c1OC(C)Cc1ccccc1. The lowest BCUT2D eigenvalue weighted by Gasteiger charge is -2.22. The summed E-state index contributed by atoms with van der Waals surface area (Å²) in [6, 6.07) is 15.2. The van der Waals surface area contributed by atoms with Gasteiger partial charge in [0.05, 0.1) is 13.7 Å². The molecular weight excluding hydrogens is 332 g/mol. The van der Waals surface area contributed by atoms with Crippen molar-refractivity contribution in [3.8, 4) is 11.5 Å². The lowest BCUT2D eigenvalue weighted by atomic mass is 10.1. The molecule has 2 aromatic rings. The van der Waals surface area contributed by atoms with E-state index < -0.39 is 5.97 Å². The van der Waals surface area contributed by atoms with Crippen LogP contribution in [-0.2, 0) is 15.9 Å². The smallest absolute Gasteiger partial charge is 0.341 e. The Balaban J connectivity index is 2.25. The molecule has 0 heterocycles. The molecule has 0 saturated heterocycles. The van der Waals surface area contributed by atoms with Crippen molar-refractivity contribution in [2.75, 3.05) is 20.8 Å². The summed E-state index contributed by atoms with van der Waals surface area (Å²) in [6.45, 7) is 4.29. The molecular formula is C21H26O5. The van der Waals surface area contributed by atoms with Crippen LogP contribution >= 0.6 is 0 Å². The number of esters is 1. The predicted molar refractivity (Wildman–Crippen MR) is 100.0 cm³/mol. The van der Waals surface area contributed by atoms with Gasteiger partial charge in [0.25, 0.3) is 0 Å². The number of carbonyl (C=O) groups excluding carboxylic acids is 1. The van der Waals surface area contributed by atoms with Crippen molar-refractivity contribution in [1.29, 1.82) is 0 Å². The number of ether oxygens (including phenoxy) is 4. The fourth-order valence-electron chi connectivity index (χ4n) is 2.68. The van der Waals surface area contributed by atoms with Gasteiger partial charge in [0.15, 0.2) is 11.5 Å². The van der Waals surface area contributed by atoms with E-state index in [0.717, 1.165) is 5.56 Å². The fraction of sp³-hybridized carbons (Fsp3) is 0.381. The third-order valence-electron chi connectivity index (χ3n) is 3.80. The quantitative estimate of drug-likeness (QED) is 0.637. The largest absolute Gasteiger partial charge is 0.486 e. The van der Waals surface area contributed by atoms with Crippen LogP contribution in [0.3, 0.4) is 0 Å². The van der Waals surface area contributed by atoms with Gasteiger partial charge in [0, 0.05) is 13.5 Å². The molecule has 0 aliphatic carbocycles. The van der Waals surface area contributed by atoms with Crippen molar-refractivity contribution in [3.05, 3.63) is 59.7 Å². The lowest BCUT2D eigenvalue weighted by Crippen LogP contribution is -2.21. The molecule has 2 unspecified atom stereocenters. The average Bonchev–Trinajstić information content (AvgIpc) is 2.63. The Labute approximate surface area is 154 Å². The minimum absolute atomic E-state index is 0.150. The van der Waals surface area contributed by atoms with Crippen LogP contribution in [0.15, 0.2) is 48.5 Å². The molecule has 0 spiro atoms. The zero-order valence-electron chi connectivity index (χ0n) is 15.7. The first kappa shape index (κ1) is 19.8. The second-order valence-electron chi connectivity index (χ2n) is 6.13. The average molecular weight is 358 g/mol. The van der Waals surface area contributed by atoms with Gasteiger partial charge >= 0.3 is 5.97 Å². The van der Waals surface area contributed by atoms with Crippen LogP contribution in [0.1, 0.15) is 29.8 Å². The molecule has 0 fully saturated rings. The number of para-hydroxylation sites is 1. The summed E-state index contributed by atoms with van der Waals surface area (Å²) >= 11 is 0. The standard InChI is InChI=1S/C21H26O5/c1-15(13-17-9-6-5-7-10-17)26-20-18(21(22)24-4)11-8-12-19(20)25-16(2)14-23-3/h5-12,15-16H,13-14H2,1-4H3. The van der Waals surface area contributed by atoms with Crippen molar-refractivity contribution >= 4 is 5.97 Å². The first-order valence-corrected chi connectivity index (χ1v) is 8.62. The summed E-state index contributed by atoms with van der Waals surface area (Å²) in [4.78, 5) is 12.2. The van der Waals surface area contributed by atoms with E-state index in [4.69, 9.17) is 18.9 Å². The zero-order valence-corrected chi connectivity index (χ0v) is 15.7. The van der Waals surface area contributed by atoms with Crippen LogP contribution in [0.4, 0.5) is 0 Å². The monoisotopic (exact) mass is 358 g/mol. The number of benzene rings is 2. The molecule has 26 heavy (non-hydrogen) atoms. The number of rotatable bonds is 9. The van der Waals surface area contributed by atoms with Crippen molar-refractivity contribution in [2.45, 2.75) is 32.5 Å². The maximum absolute atomic E-state index is 12.2. The lowest BCUT2D eigenvalue weighted by molar-refractivity contribution is 0.0588. The highest BCUT2D eigenvalue weighted by atomic mass is 16.6. The van der Waals surface area contributed by atoms with Gasteiger partial charge in [-0.05, 0) is 31.5 Å². The van der Waals surface area contributed by atoms with Crippen LogP contribution in [0.5, 0.6) is 11.5 Å². The molecule has 0 N–H and O–H groups in total. The summed E-state index contributed by atoms with van der Waals surface area (Å²) < 4.78 is 22.0.